The molecule has 0 fully saturated rings. The molecule has 2 heteroatoms. The zero-order valence-electron chi connectivity index (χ0n) is 9.10. The lowest BCUT2D eigenvalue weighted by molar-refractivity contribution is 1.15. The molecule has 0 unspecified atom stereocenters. The van der Waals surface area contributed by atoms with Gasteiger partial charge in [0.1, 0.15) is 0 Å². The first-order valence-electron chi connectivity index (χ1n) is 5.37. The standard InChI is InChI=1S/C14H15NS/c15-13-8-4-5-9-14(13)16-11-10-12-6-2-1-3-7-12/h1-9H,10-11,15H2. The van der Waals surface area contributed by atoms with Gasteiger partial charge in [0.25, 0.3) is 0 Å². The summed E-state index contributed by atoms with van der Waals surface area (Å²) in [6.07, 6.45) is 1.08. The largest absolute Gasteiger partial charge is 0.398 e. The Balaban J connectivity index is 1.87. The van der Waals surface area contributed by atoms with Gasteiger partial charge >= 0.3 is 0 Å². The molecule has 0 aromatic heterocycles. The second kappa shape index (κ2) is 5.61. The summed E-state index contributed by atoms with van der Waals surface area (Å²) in [5.74, 6) is 1.07. The molecule has 0 aliphatic carbocycles. The van der Waals surface area contributed by atoms with Crippen LogP contribution in [-0.4, -0.2) is 5.75 Å². The van der Waals surface area contributed by atoms with Crippen LogP contribution in [0.15, 0.2) is 59.5 Å². The SMILES string of the molecule is Nc1ccccc1SCCc1ccccc1. The van der Waals surface area contributed by atoms with E-state index in [-0.39, 0.29) is 0 Å². The van der Waals surface area contributed by atoms with Crippen LogP contribution in [0.1, 0.15) is 5.56 Å². The molecule has 0 saturated heterocycles. The lowest BCUT2D eigenvalue weighted by atomic mass is 10.2. The van der Waals surface area contributed by atoms with Crippen LogP contribution < -0.4 is 5.73 Å². The van der Waals surface area contributed by atoms with Crippen LogP contribution in [0.3, 0.4) is 0 Å². The quantitative estimate of drug-likeness (QED) is 0.640. The summed E-state index contributed by atoms with van der Waals surface area (Å²) in [5.41, 5.74) is 8.13. The molecule has 2 rings (SSSR count). The van der Waals surface area contributed by atoms with Gasteiger partial charge in [-0.1, -0.05) is 42.5 Å². The maximum atomic E-state index is 5.88. The lowest BCUT2D eigenvalue weighted by Gasteiger charge is -2.04. The van der Waals surface area contributed by atoms with Crippen LogP contribution in [-0.2, 0) is 6.42 Å². The third-order valence-corrected chi connectivity index (χ3v) is 3.50. The number of anilines is 1. The van der Waals surface area contributed by atoms with Crippen LogP contribution in [0.2, 0.25) is 0 Å². The molecule has 0 atom stereocenters. The smallest absolute Gasteiger partial charge is 0.0452 e. The average Bonchev–Trinajstić information content (AvgIpc) is 2.33. The topological polar surface area (TPSA) is 26.0 Å². The van der Waals surface area contributed by atoms with Gasteiger partial charge in [-0.05, 0) is 24.1 Å². The molecule has 0 amide bonds. The van der Waals surface area contributed by atoms with Crippen LogP contribution in [0.25, 0.3) is 0 Å². The summed E-state index contributed by atoms with van der Waals surface area (Å²) in [6, 6.07) is 18.6. The molecular formula is C14H15NS. The molecule has 2 aromatic carbocycles. The van der Waals surface area contributed by atoms with E-state index in [9.17, 15) is 0 Å². The molecule has 0 saturated carbocycles. The van der Waals surface area contributed by atoms with Gasteiger partial charge in [-0.15, -0.1) is 11.8 Å². The van der Waals surface area contributed by atoms with Gasteiger partial charge in [0.15, 0.2) is 0 Å². The van der Waals surface area contributed by atoms with E-state index in [4.69, 9.17) is 5.73 Å². The van der Waals surface area contributed by atoms with Crippen molar-refractivity contribution < 1.29 is 0 Å². The highest BCUT2D eigenvalue weighted by Crippen LogP contribution is 2.24. The highest BCUT2D eigenvalue weighted by Gasteiger charge is 1.98. The molecule has 0 aliphatic rings. The van der Waals surface area contributed by atoms with Gasteiger partial charge in [-0.3, -0.25) is 0 Å². The van der Waals surface area contributed by atoms with Crippen molar-refractivity contribution in [3.8, 4) is 0 Å². The minimum atomic E-state index is 0.876. The Kier molecular flexibility index (Phi) is 3.89. The number of hydrogen-bond donors (Lipinski definition) is 1. The van der Waals surface area contributed by atoms with E-state index in [2.05, 4.69) is 30.3 Å². The summed E-state index contributed by atoms with van der Waals surface area (Å²) < 4.78 is 0. The maximum Gasteiger partial charge on any atom is 0.0452 e. The van der Waals surface area contributed by atoms with E-state index in [1.807, 2.05) is 36.0 Å². The first-order chi connectivity index (χ1) is 7.86. The molecule has 0 aliphatic heterocycles. The fraction of sp³-hybridized carbons (Fsp3) is 0.143. The second-order valence-electron chi connectivity index (χ2n) is 3.62. The number of para-hydroxylation sites is 1. The molecule has 0 bridgehead atoms. The van der Waals surface area contributed by atoms with Gasteiger partial charge in [0.05, 0.1) is 0 Å². The normalized spacial score (nSPS) is 10.2. The minimum absolute atomic E-state index is 0.876. The summed E-state index contributed by atoms with van der Waals surface area (Å²) in [4.78, 5) is 1.18. The Labute approximate surface area is 101 Å². The summed E-state index contributed by atoms with van der Waals surface area (Å²) >= 11 is 1.82. The molecule has 0 radical (unpaired) electrons. The van der Waals surface area contributed by atoms with Gasteiger partial charge < -0.3 is 5.73 Å². The maximum absolute atomic E-state index is 5.88. The molecule has 2 N–H and O–H groups in total. The van der Waals surface area contributed by atoms with E-state index in [1.165, 1.54) is 10.5 Å². The monoisotopic (exact) mass is 229 g/mol. The van der Waals surface area contributed by atoms with E-state index in [1.54, 1.807) is 0 Å². The van der Waals surface area contributed by atoms with Crippen molar-refractivity contribution in [2.24, 2.45) is 0 Å². The van der Waals surface area contributed by atoms with Crippen LogP contribution in [0.4, 0.5) is 5.69 Å². The lowest BCUT2D eigenvalue weighted by Crippen LogP contribution is -1.91. The summed E-state index contributed by atoms with van der Waals surface area (Å²) in [7, 11) is 0. The van der Waals surface area contributed by atoms with Gasteiger partial charge in [-0.2, -0.15) is 0 Å². The van der Waals surface area contributed by atoms with Gasteiger partial charge in [0, 0.05) is 16.3 Å². The van der Waals surface area contributed by atoms with E-state index < -0.39 is 0 Å². The summed E-state index contributed by atoms with van der Waals surface area (Å²) in [6.45, 7) is 0. The zero-order chi connectivity index (χ0) is 11.2. The Morgan fingerprint density at radius 2 is 1.56 bits per heavy atom. The Hall–Kier alpha value is -1.41. The first-order valence-corrected chi connectivity index (χ1v) is 6.36. The molecule has 0 spiro atoms. The van der Waals surface area contributed by atoms with Crippen molar-refractivity contribution in [3.63, 3.8) is 0 Å². The molecule has 82 valence electrons. The van der Waals surface area contributed by atoms with Crippen LogP contribution >= 0.6 is 11.8 Å². The fourth-order valence-electron chi connectivity index (χ4n) is 1.54. The fourth-order valence-corrected chi connectivity index (χ4v) is 2.50. The van der Waals surface area contributed by atoms with Gasteiger partial charge in [0.2, 0.25) is 0 Å². The van der Waals surface area contributed by atoms with Crippen molar-refractivity contribution in [2.45, 2.75) is 11.3 Å². The second-order valence-corrected chi connectivity index (χ2v) is 4.76. The van der Waals surface area contributed by atoms with Crippen molar-refractivity contribution in [2.75, 3.05) is 11.5 Å². The van der Waals surface area contributed by atoms with E-state index >= 15 is 0 Å². The van der Waals surface area contributed by atoms with Crippen molar-refractivity contribution in [1.29, 1.82) is 0 Å². The zero-order valence-corrected chi connectivity index (χ0v) is 9.91. The number of hydrogen-bond acceptors (Lipinski definition) is 2. The van der Waals surface area contributed by atoms with E-state index in [0.717, 1.165) is 17.9 Å². The predicted molar refractivity (Wildman–Crippen MR) is 71.7 cm³/mol. The number of nitrogen functional groups attached to an aromatic ring is 1. The average molecular weight is 229 g/mol. The van der Waals surface area contributed by atoms with E-state index in [0.29, 0.717) is 0 Å². The highest BCUT2D eigenvalue weighted by molar-refractivity contribution is 7.99. The Bertz CT molecular complexity index is 439. The predicted octanol–water partition coefficient (Wildman–Crippen LogP) is 3.60. The van der Waals surface area contributed by atoms with Crippen molar-refractivity contribution in [1.82, 2.24) is 0 Å². The Morgan fingerprint density at radius 3 is 2.31 bits per heavy atom. The Morgan fingerprint density at radius 1 is 0.875 bits per heavy atom. The third kappa shape index (κ3) is 3.04. The number of aryl methyl sites for hydroxylation is 1. The minimum Gasteiger partial charge on any atom is -0.398 e. The van der Waals surface area contributed by atoms with Gasteiger partial charge in [-0.25, -0.2) is 0 Å². The highest BCUT2D eigenvalue weighted by atomic mass is 32.2. The molecule has 2 aromatic rings. The van der Waals surface area contributed by atoms with Crippen LogP contribution in [0.5, 0.6) is 0 Å². The third-order valence-electron chi connectivity index (χ3n) is 2.41. The number of benzene rings is 2. The van der Waals surface area contributed by atoms with Crippen molar-refractivity contribution >= 4 is 17.4 Å². The number of rotatable bonds is 4. The summed E-state index contributed by atoms with van der Waals surface area (Å²) in [5, 5.41) is 0. The molecule has 1 nitrogen and oxygen atoms in total. The molecule has 16 heavy (non-hydrogen) atoms. The first kappa shape index (κ1) is 11.1. The molecular weight excluding hydrogens is 214 g/mol. The van der Waals surface area contributed by atoms with Crippen molar-refractivity contribution in [3.05, 3.63) is 60.2 Å². The van der Waals surface area contributed by atoms with Crippen LogP contribution in [0, 0.1) is 0 Å². The number of thioether (sulfide) groups is 1. The molecule has 0 heterocycles. The number of nitrogens with two attached hydrogens (primary N) is 1.